The Hall–Kier alpha value is -0.780. The minimum Gasteiger partial charge on any atom is -0.398 e. The molecule has 21 heavy (non-hydrogen) atoms. The van der Waals surface area contributed by atoms with E-state index in [4.69, 9.17) is 17.3 Å². The summed E-state index contributed by atoms with van der Waals surface area (Å²) >= 11 is 6.09. The highest BCUT2D eigenvalue weighted by Crippen LogP contribution is 2.34. The van der Waals surface area contributed by atoms with E-state index in [1.54, 1.807) is 11.2 Å². The molecule has 0 aromatic heterocycles. The van der Waals surface area contributed by atoms with Crippen LogP contribution in [0.25, 0.3) is 0 Å². The first-order valence-electron chi connectivity index (χ1n) is 7.22. The third-order valence-corrected chi connectivity index (χ3v) is 6.83. The zero-order valence-electron chi connectivity index (χ0n) is 12.9. The number of sulfonamides is 1. The van der Waals surface area contributed by atoms with Crippen molar-refractivity contribution in [2.75, 3.05) is 12.3 Å². The summed E-state index contributed by atoms with van der Waals surface area (Å²) in [6.45, 7) is 8.47. The van der Waals surface area contributed by atoms with Crippen LogP contribution in [0, 0.1) is 18.8 Å². The summed E-state index contributed by atoms with van der Waals surface area (Å²) in [5.74, 6) is 0.686. The maximum absolute atomic E-state index is 12.9. The first-order valence-corrected chi connectivity index (χ1v) is 9.03. The van der Waals surface area contributed by atoms with Crippen molar-refractivity contribution in [1.29, 1.82) is 0 Å². The van der Waals surface area contributed by atoms with Gasteiger partial charge >= 0.3 is 0 Å². The maximum Gasteiger partial charge on any atom is 0.243 e. The summed E-state index contributed by atoms with van der Waals surface area (Å²) in [7, 11) is -3.57. The van der Waals surface area contributed by atoms with Crippen LogP contribution in [-0.2, 0) is 10.0 Å². The Balaban J connectivity index is 2.46. The highest BCUT2D eigenvalue weighted by molar-refractivity contribution is 7.89. The van der Waals surface area contributed by atoms with Crippen molar-refractivity contribution in [3.05, 3.63) is 22.7 Å². The molecule has 0 aliphatic carbocycles. The van der Waals surface area contributed by atoms with E-state index in [1.165, 1.54) is 12.1 Å². The lowest BCUT2D eigenvalue weighted by Crippen LogP contribution is -2.48. The number of piperidine rings is 1. The van der Waals surface area contributed by atoms with Gasteiger partial charge in [-0.3, -0.25) is 0 Å². The fourth-order valence-corrected chi connectivity index (χ4v) is 5.14. The van der Waals surface area contributed by atoms with Gasteiger partial charge in [0.25, 0.3) is 0 Å². The van der Waals surface area contributed by atoms with Crippen LogP contribution in [-0.4, -0.2) is 25.3 Å². The highest BCUT2D eigenvalue weighted by Gasteiger charge is 2.37. The Morgan fingerprint density at radius 3 is 2.48 bits per heavy atom. The summed E-state index contributed by atoms with van der Waals surface area (Å²) in [6.07, 6.45) is 1.05. The van der Waals surface area contributed by atoms with Crippen molar-refractivity contribution in [1.82, 2.24) is 4.31 Å². The summed E-state index contributed by atoms with van der Waals surface area (Å²) in [5.41, 5.74) is 6.99. The molecule has 0 saturated carbocycles. The van der Waals surface area contributed by atoms with E-state index in [1.807, 2.05) is 6.92 Å². The fraction of sp³-hybridized carbons (Fsp3) is 0.600. The molecule has 1 aliphatic rings. The van der Waals surface area contributed by atoms with Gasteiger partial charge in [0, 0.05) is 23.3 Å². The lowest BCUT2D eigenvalue weighted by molar-refractivity contribution is 0.157. The van der Waals surface area contributed by atoms with Crippen LogP contribution in [0.4, 0.5) is 5.69 Å². The Labute approximate surface area is 132 Å². The summed E-state index contributed by atoms with van der Waals surface area (Å²) in [5, 5.41) is 0.388. The van der Waals surface area contributed by atoms with Crippen LogP contribution in [0.3, 0.4) is 0 Å². The zero-order chi connectivity index (χ0) is 15.9. The Morgan fingerprint density at radius 2 is 1.90 bits per heavy atom. The second kappa shape index (κ2) is 5.78. The van der Waals surface area contributed by atoms with Gasteiger partial charge in [-0.1, -0.05) is 25.4 Å². The van der Waals surface area contributed by atoms with E-state index in [9.17, 15) is 8.42 Å². The average molecular weight is 331 g/mol. The second-order valence-electron chi connectivity index (χ2n) is 6.25. The molecule has 0 bridgehead atoms. The number of hydrogen-bond donors (Lipinski definition) is 1. The van der Waals surface area contributed by atoms with E-state index in [0.29, 0.717) is 34.7 Å². The smallest absolute Gasteiger partial charge is 0.243 e. The molecule has 2 rings (SSSR count). The molecule has 118 valence electrons. The molecule has 0 radical (unpaired) electrons. The number of halogens is 1. The quantitative estimate of drug-likeness (QED) is 0.846. The van der Waals surface area contributed by atoms with Crippen LogP contribution in [0.15, 0.2) is 17.0 Å². The van der Waals surface area contributed by atoms with Gasteiger partial charge in [-0.15, -0.1) is 0 Å². The van der Waals surface area contributed by atoms with Gasteiger partial charge < -0.3 is 5.73 Å². The van der Waals surface area contributed by atoms with E-state index in [2.05, 4.69) is 13.8 Å². The molecule has 0 spiro atoms. The SMILES string of the molecule is Cc1c(N)cc(S(=O)(=O)N2CC(C)CC(C)C2C)cc1Cl. The van der Waals surface area contributed by atoms with Crippen molar-refractivity contribution in [2.24, 2.45) is 11.8 Å². The molecule has 1 aromatic carbocycles. The van der Waals surface area contributed by atoms with Gasteiger partial charge in [0.05, 0.1) is 4.90 Å². The fourth-order valence-electron chi connectivity index (χ4n) is 2.94. The first-order chi connectivity index (χ1) is 9.64. The number of anilines is 1. The van der Waals surface area contributed by atoms with Crippen molar-refractivity contribution >= 4 is 27.3 Å². The lowest BCUT2D eigenvalue weighted by Gasteiger charge is -2.40. The van der Waals surface area contributed by atoms with E-state index in [-0.39, 0.29) is 10.9 Å². The monoisotopic (exact) mass is 330 g/mol. The largest absolute Gasteiger partial charge is 0.398 e. The minimum atomic E-state index is -3.57. The molecule has 1 aromatic rings. The van der Waals surface area contributed by atoms with Gasteiger partial charge in [-0.2, -0.15) is 4.31 Å². The normalized spacial score (nSPS) is 27.8. The van der Waals surface area contributed by atoms with Crippen molar-refractivity contribution in [3.8, 4) is 0 Å². The average Bonchev–Trinajstić information content (AvgIpc) is 2.39. The molecular weight excluding hydrogens is 308 g/mol. The molecule has 2 N–H and O–H groups in total. The summed E-state index contributed by atoms with van der Waals surface area (Å²) in [6, 6.07) is 2.99. The third kappa shape index (κ3) is 3.05. The molecule has 1 saturated heterocycles. The van der Waals surface area contributed by atoms with Gasteiger partial charge in [0.15, 0.2) is 0 Å². The van der Waals surface area contributed by atoms with E-state index in [0.717, 1.165) is 6.42 Å². The molecule has 1 aliphatic heterocycles. The number of hydrogen-bond acceptors (Lipinski definition) is 3. The molecule has 0 amide bonds. The van der Waals surface area contributed by atoms with Gasteiger partial charge in [-0.05, 0) is 49.8 Å². The Kier molecular flexibility index (Phi) is 4.57. The van der Waals surface area contributed by atoms with E-state index >= 15 is 0 Å². The van der Waals surface area contributed by atoms with Crippen LogP contribution in [0.5, 0.6) is 0 Å². The van der Waals surface area contributed by atoms with Crippen molar-refractivity contribution < 1.29 is 8.42 Å². The zero-order valence-corrected chi connectivity index (χ0v) is 14.5. The highest BCUT2D eigenvalue weighted by atomic mass is 35.5. The van der Waals surface area contributed by atoms with Crippen LogP contribution in [0.1, 0.15) is 32.8 Å². The molecule has 6 heteroatoms. The maximum atomic E-state index is 12.9. The topological polar surface area (TPSA) is 63.4 Å². The molecular formula is C15H23ClN2O2S. The molecule has 1 fully saturated rings. The number of nitrogen functional groups attached to an aromatic ring is 1. The minimum absolute atomic E-state index is 0.0208. The molecule has 3 atom stereocenters. The number of benzene rings is 1. The molecule has 1 heterocycles. The predicted molar refractivity (Wildman–Crippen MR) is 86.9 cm³/mol. The number of nitrogens with two attached hydrogens (primary N) is 1. The number of nitrogens with zero attached hydrogens (tertiary/aromatic N) is 1. The van der Waals surface area contributed by atoms with E-state index < -0.39 is 10.0 Å². The third-order valence-electron chi connectivity index (χ3n) is 4.51. The predicted octanol–water partition coefficient (Wildman–Crippen LogP) is 3.29. The Morgan fingerprint density at radius 1 is 1.29 bits per heavy atom. The van der Waals surface area contributed by atoms with Crippen molar-refractivity contribution in [3.63, 3.8) is 0 Å². The first kappa shape index (κ1) is 16.6. The standard InChI is InChI=1S/C15H23ClN2O2S/c1-9-5-10(2)12(4)18(8-9)21(19,20)13-6-14(16)11(3)15(17)7-13/h6-7,9-10,12H,5,8,17H2,1-4H3. The molecule has 4 nitrogen and oxygen atoms in total. The van der Waals surface area contributed by atoms with Crippen LogP contribution >= 0.6 is 11.6 Å². The molecule has 3 unspecified atom stereocenters. The van der Waals surface area contributed by atoms with Gasteiger partial charge in [0.1, 0.15) is 0 Å². The number of rotatable bonds is 2. The second-order valence-corrected chi connectivity index (χ2v) is 8.55. The Bertz CT molecular complexity index is 622. The van der Waals surface area contributed by atoms with Gasteiger partial charge in [-0.25, -0.2) is 8.42 Å². The van der Waals surface area contributed by atoms with Gasteiger partial charge in [0.2, 0.25) is 10.0 Å². The van der Waals surface area contributed by atoms with Crippen molar-refractivity contribution in [2.45, 2.75) is 45.1 Å². The summed E-state index contributed by atoms with van der Waals surface area (Å²) in [4.78, 5) is 0.184. The van der Waals surface area contributed by atoms with Crippen LogP contribution in [0.2, 0.25) is 5.02 Å². The lowest BCUT2D eigenvalue weighted by atomic mass is 9.88. The van der Waals surface area contributed by atoms with Crippen LogP contribution < -0.4 is 5.73 Å². The summed E-state index contributed by atoms with van der Waals surface area (Å²) < 4.78 is 27.4.